The van der Waals surface area contributed by atoms with E-state index in [1.54, 1.807) is 0 Å². The molecule has 0 aliphatic carbocycles. The third kappa shape index (κ3) is 4.57. The molecule has 0 unspecified atom stereocenters. The lowest BCUT2D eigenvalue weighted by molar-refractivity contribution is -0.130. The van der Waals surface area contributed by atoms with Gasteiger partial charge < -0.3 is 10.1 Å². The molecule has 1 aromatic carbocycles. The lowest BCUT2D eigenvalue weighted by Crippen LogP contribution is -2.44. The number of aromatic nitrogens is 2. The van der Waals surface area contributed by atoms with Crippen LogP contribution < -0.4 is 10.9 Å². The van der Waals surface area contributed by atoms with E-state index in [2.05, 4.69) is 10.4 Å². The van der Waals surface area contributed by atoms with E-state index in [1.165, 1.54) is 22.9 Å². The van der Waals surface area contributed by atoms with Crippen molar-refractivity contribution in [3.05, 3.63) is 52.3 Å². The van der Waals surface area contributed by atoms with Gasteiger partial charge in [0.25, 0.3) is 5.56 Å². The number of halogens is 2. The normalized spacial score (nSPS) is 17.7. The molecule has 0 saturated carbocycles. The minimum absolute atomic E-state index is 0.172. The van der Waals surface area contributed by atoms with Gasteiger partial charge >= 0.3 is 0 Å². The molecule has 6 nitrogen and oxygen atoms in total. The molecule has 1 N–H and O–H groups in total. The number of nitrogens with one attached hydrogen (secondary N) is 1. The van der Waals surface area contributed by atoms with Crippen LogP contribution in [0.4, 0.5) is 8.78 Å². The van der Waals surface area contributed by atoms with Crippen LogP contribution in [0.1, 0.15) is 26.2 Å². The van der Waals surface area contributed by atoms with E-state index in [-0.39, 0.29) is 24.1 Å². The zero-order chi connectivity index (χ0) is 19.4. The Balaban J connectivity index is 1.77. The number of benzene rings is 1. The van der Waals surface area contributed by atoms with Crippen molar-refractivity contribution in [1.29, 1.82) is 0 Å². The number of hydrogen-bond acceptors (Lipinski definition) is 4. The number of amides is 1. The van der Waals surface area contributed by atoms with Crippen LogP contribution in [0, 0.1) is 11.6 Å². The third-order valence-corrected chi connectivity index (χ3v) is 4.54. The molecule has 8 heteroatoms. The van der Waals surface area contributed by atoms with E-state index in [4.69, 9.17) is 4.74 Å². The first kappa shape index (κ1) is 19.2. The van der Waals surface area contributed by atoms with Crippen molar-refractivity contribution in [2.24, 2.45) is 0 Å². The average molecular weight is 377 g/mol. The number of rotatable bonds is 6. The van der Waals surface area contributed by atoms with Crippen molar-refractivity contribution in [3.63, 3.8) is 0 Å². The Morgan fingerprint density at radius 1 is 1.33 bits per heavy atom. The van der Waals surface area contributed by atoms with Crippen molar-refractivity contribution in [1.82, 2.24) is 15.1 Å². The van der Waals surface area contributed by atoms with E-state index >= 15 is 0 Å². The smallest absolute Gasteiger partial charge is 0.266 e. The van der Waals surface area contributed by atoms with Crippen molar-refractivity contribution in [2.45, 2.75) is 44.9 Å². The van der Waals surface area contributed by atoms with Crippen LogP contribution in [0.3, 0.4) is 0 Å². The zero-order valence-electron chi connectivity index (χ0n) is 15.0. The molecule has 1 aromatic heterocycles. The number of carbonyl (C=O) groups excluding carboxylic acids is 1. The Hall–Kier alpha value is -2.61. The molecule has 2 atom stereocenters. The number of carbonyl (C=O) groups is 1. The van der Waals surface area contributed by atoms with Crippen LogP contribution in [0.15, 0.2) is 35.1 Å². The molecule has 27 heavy (non-hydrogen) atoms. The van der Waals surface area contributed by atoms with Crippen LogP contribution in [0.2, 0.25) is 0 Å². The molecule has 0 bridgehead atoms. The summed E-state index contributed by atoms with van der Waals surface area (Å²) < 4.78 is 33.2. The predicted molar refractivity (Wildman–Crippen MR) is 95.0 cm³/mol. The predicted octanol–water partition coefficient (Wildman–Crippen LogP) is 2.26. The molecule has 0 radical (unpaired) electrons. The van der Waals surface area contributed by atoms with Crippen LogP contribution >= 0.6 is 0 Å². The van der Waals surface area contributed by atoms with Gasteiger partial charge in [-0.1, -0.05) is 6.92 Å². The summed E-state index contributed by atoms with van der Waals surface area (Å²) in [4.78, 5) is 24.4. The number of ether oxygens (including phenoxy) is 1. The highest BCUT2D eigenvalue weighted by Gasteiger charge is 2.25. The van der Waals surface area contributed by atoms with Crippen LogP contribution in [0.5, 0.6) is 0 Å². The minimum atomic E-state index is -0.984. The topological polar surface area (TPSA) is 73.2 Å². The van der Waals surface area contributed by atoms with Gasteiger partial charge in [-0.25, -0.2) is 13.5 Å². The van der Waals surface area contributed by atoms with Gasteiger partial charge in [-0.05, 0) is 43.5 Å². The fourth-order valence-corrected chi connectivity index (χ4v) is 2.95. The van der Waals surface area contributed by atoms with Gasteiger partial charge in [0.15, 0.2) is 11.6 Å². The first-order valence-electron chi connectivity index (χ1n) is 8.93. The third-order valence-electron chi connectivity index (χ3n) is 4.54. The van der Waals surface area contributed by atoms with E-state index in [1.807, 2.05) is 6.92 Å². The van der Waals surface area contributed by atoms with E-state index in [9.17, 15) is 18.4 Å². The molecule has 1 amide bonds. The molecule has 0 spiro atoms. The maximum atomic E-state index is 13.5. The van der Waals surface area contributed by atoms with Gasteiger partial charge in [0, 0.05) is 24.3 Å². The highest BCUT2D eigenvalue weighted by Crippen LogP contribution is 2.18. The lowest BCUT2D eigenvalue weighted by atomic mass is 10.1. The van der Waals surface area contributed by atoms with Gasteiger partial charge in [-0.2, -0.15) is 5.10 Å². The fourth-order valence-electron chi connectivity index (χ4n) is 2.95. The summed E-state index contributed by atoms with van der Waals surface area (Å²) in [6, 6.07) is 5.91. The molecular weight excluding hydrogens is 356 g/mol. The Labute approximate surface area is 155 Å². The monoisotopic (exact) mass is 377 g/mol. The molecule has 1 aliphatic rings. The van der Waals surface area contributed by atoms with Gasteiger partial charge in [-0.15, -0.1) is 0 Å². The Kier molecular flexibility index (Phi) is 5.95. The molecule has 1 fully saturated rings. The van der Waals surface area contributed by atoms with Crippen molar-refractivity contribution in [2.75, 3.05) is 6.61 Å². The molecule has 144 valence electrons. The van der Waals surface area contributed by atoms with Crippen molar-refractivity contribution < 1.29 is 18.3 Å². The summed E-state index contributed by atoms with van der Waals surface area (Å²) in [5.74, 6) is -2.12. The Bertz CT molecular complexity index is 879. The molecule has 1 saturated heterocycles. The second-order valence-electron chi connectivity index (χ2n) is 6.48. The quantitative estimate of drug-likeness (QED) is 0.838. The van der Waals surface area contributed by atoms with Crippen LogP contribution in [0.25, 0.3) is 11.3 Å². The van der Waals surface area contributed by atoms with Gasteiger partial charge in [0.05, 0.1) is 12.2 Å². The van der Waals surface area contributed by atoms with Gasteiger partial charge in [0.1, 0.15) is 6.10 Å². The summed E-state index contributed by atoms with van der Waals surface area (Å²) in [5, 5.41) is 7.13. The Morgan fingerprint density at radius 3 is 2.81 bits per heavy atom. The summed E-state index contributed by atoms with van der Waals surface area (Å²) in [6.45, 7) is 2.64. The lowest BCUT2D eigenvalue weighted by Gasteiger charge is -2.20. The second-order valence-corrected chi connectivity index (χ2v) is 6.48. The molecular formula is C19H21F2N3O3. The number of nitrogens with zero attached hydrogens (tertiary/aromatic N) is 2. The summed E-state index contributed by atoms with van der Waals surface area (Å²) in [5.41, 5.74) is 0.360. The Morgan fingerprint density at radius 2 is 2.15 bits per heavy atom. The first-order valence-corrected chi connectivity index (χ1v) is 8.93. The molecule has 1 aliphatic heterocycles. The summed E-state index contributed by atoms with van der Waals surface area (Å²) >= 11 is 0. The molecule has 2 aromatic rings. The minimum Gasteiger partial charge on any atom is -0.368 e. The van der Waals surface area contributed by atoms with E-state index < -0.39 is 17.7 Å². The maximum absolute atomic E-state index is 13.5. The average Bonchev–Trinajstić information content (AvgIpc) is 3.20. The maximum Gasteiger partial charge on any atom is 0.266 e. The van der Waals surface area contributed by atoms with Crippen LogP contribution in [-0.4, -0.2) is 34.4 Å². The largest absolute Gasteiger partial charge is 0.368 e. The molecule has 2 heterocycles. The van der Waals surface area contributed by atoms with E-state index in [0.717, 1.165) is 18.6 Å². The van der Waals surface area contributed by atoms with Crippen molar-refractivity contribution in [3.8, 4) is 11.3 Å². The zero-order valence-corrected chi connectivity index (χ0v) is 15.0. The molecule has 3 rings (SSSR count). The highest BCUT2D eigenvalue weighted by molar-refractivity contribution is 5.81. The first-order chi connectivity index (χ1) is 13.0. The standard InChI is InChI=1S/C19H21F2N3O3/c1-2-13(22-19(26)17-4-3-9-27-17)11-24-18(25)8-7-16(23-24)12-5-6-14(20)15(21)10-12/h5-8,10,13,17H,2-4,9,11H2,1H3,(H,22,26)/t13-,17-/m1/s1. The summed E-state index contributed by atoms with van der Waals surface area (Å²) in [6.07, 6.45) is 1.69. The SMILES string of the molecule is CC[C@H](Cn1nc(-c2ccc(F)c(F)c2)ccc1=O)NC(=O)[C@H]1CCCO1. The van der Waals surface area contributed by atoms with Gasteiger partial charge in [-0.3, -0.25) is 9.59 Å². The fraction of sp³-hybridized carbons (Fsp3) is 0.421. The van der Waals surface area contributed by atoms with Crippen LogP contribution in [-0.2, 0) is 16.1 Å². The van der Waals surface area contributed by atoms with Gasteiger partial charge in [0.2, 0.25) is 5.91 Å². The van der Waals surface area contributed by atoms with Crippen molar-refractivity contribution >= 4 is 5.91 Å². The highest BCUT2D eigenvalue weighted by atomic mass is 19.2. The second kappa shape index (κ2) is 8.39. The summed E-state index contributed by atoms with van der Waals surface area (Å²) in [7, 11) is 0. The van der Waals surface area contributed by atoms with E-state index in [0.29, 0.717) is 30.7 Å². The number of hydrogen-bond donors (Lipinski definition) is 1.